The van der Waals surface area contributed by atoms with E-state index >= 15 is 0 Å². The van der Waals surface area contributed by atoms with E-state index in [4.69, 9.17) is 4.74 Å². The second-order valence-corrected chi connectivity index (χ2v) is 7.54. The van der Waals surface area contributed by atoms with E-state index in [9.17, 15) is 8.42 Å². The molecule has 0 aromatic heterocycles. The highest BCUT2D eigenvalue weighted by Gasteiger charge is 2.28. The third-order valence-corrected chi connectivity index (χ3v) is 5.65. The van der Waals surface area contributed by atoms with Crippen molar-refractivity contribution in [3.8, 4) is 5.75 Å². The van der Waals surface area contributed by atoms with E-state index in [1.165, 1.54) is 4.31 Å². The highest BCUT2D eigenvalue weighted by Crippen LogP contribution is 2.29. The summed E-state index contributed by atoms with van der Waals surface area (Å²) < 4.78 is 32.8. The summed E-state index contributed by atoms with van der Waals surface area (Å²) in [6, 6.07) is 5.06. The maximum atomic E-state index is 12.6. The van der Waals surface area contributed by atoms with Crippen molar-refractivity contribution in [1.82, 2.24) is 9.62 Å². The van der Waals surface area contributed by atoms with Crippen molar-refractivity contribution in [1.29, 1.82) is 0 Å². The number of benzene rings is 1. The molecule has 21 heavy (non-hydrogen) atoms. The molecule has 1 aromatic carbocycles. The number of halogens is 2. The number of ether oxygens (including phenoxy) is 1. The van der Waals surface area contributed by atoms with Gasteiger partial charge in [0.15, 0.2) is 0 Å². The van der Waals surface area contributed by atoms with Crippen LogP contribution < -0.4 is 10.1 Å². The minimum Gasteiger partial charge on any atom is -0.493 e. The highest BCUT2D eigenvalue weighted by molar-refractivity contribution is 9.10. The van der Waals surface area contributed by atoms with Crippen LogP contribution in [-0.2, 0) is 10.0 Å². The molecule has 5 nitrogen and oxygen atoms in total. The number of piperazine rings is 1. The van der Waals surface area contributed by atoms with E-state index in [0.29, 0.717) is 41.4 Å². The molecule has 8 heteroatoms. The number of hydrogen-bond acceptors (Lipinski definition) is 4. The van der Waals surface area contributed by atoms with Crippen molar-refractivity contribution < 1.29 is 13.2 Å². The predicted molar refractivity (Wildman–Crippen MR) is 88.8 cm³/mol. The van der Waals surface area contributed by atoms with Gasteiger partial charge in [-0.3, -0.25) is 0 Å². The van der Waals surface area contributed by atoms with Crippen molar-refractivity contribution in [2.24, 2.45) is 0 Å². The van der Waals surface area contributed by atoms with Gasteiger partial charge < -0.3 is 10.1 Å². The average molecular weight is 400 g/mol. The van der Waals surface area contributed by atoms with Gasteiger partial charge in [-0.2, -0.15) is 4.31 Å². The molecule has 0 radical (unpaired) electrons. The first-order valence-corrected chi connectivity index (χ1v) is 8.84. The van der Waals surface area contributed by atoms with Gasteiger partial charge in [-0.25, -0.2) is 8.42 Å². The molecule has 1 unspecified atom stereocenters. The van der Waals surface area contributed by atoms with Crippen LogP contribution in [0, 0.1) is 0 Å². The number of sulfonamides is 1. The molecule has 0 bridgehead atoms. The third kappa shape index (κ3) is 4.32. The maximum absolute atomic E-state index is 12.6. The monoisotopic (exact) mass is 398 g/mol. The standard InChI is InChI=1S/C13H19BrN2O3S.ClH/c1-3-19-13-5-4-11(8-12(13)14)20(17,18)16-7-6-15-10(2)9-16;/h4-5,8,10,15H,3,6-7,9H2,1-2H3;1H. The Morgan fingerprint density at radius 3 is 2.76 bits per heavy atom. The summed E-state index contributed by atoms with van der Waals surface area (Å²) in [6.07, 6.45) is 0. The highest BCUT2D eigenvalue weighted by atomic mass is 79.9. The first-order valence-electron chi connectivity index (χ1n) is 6.61. The van der Waals surface area contributed by atoms with Crippen LogP contribution in [0.1, 0.15) is 13.8 Å². The minimum atomic E-state index is -3.44. The molecule has 1 atom stereocenters. The van der Waals surface area contributed by atoms with E-state index in [1.807, 2.05) is 13.8 Å². The Kier molecular flexibility index (Phi) is 6.93. The fraction of sp³-hybridized carbons (Fsp3) is 0.538. The molecule has 1 N–H and O–H groups in total. The molecule has 1 aromatic rings. The summed E-state index contributed by atoms with van der Waals surface area (Å²) in [7, 11) is -3.44. The zero-order chi connectivity index (χ0) is 14.8. The van der Waals surface area contributed by atoms with Gasteiger partial charge in [-0.15, -0.1) is 12.4 Å². The number of nitrogens with zero attached hydrogens (tertiary/aromatic N) is 1. The molecule has 1 heterocycles. The summed E-state index contributed by atoms with van der Waals surface area (Å²) in [5.41, 5.74) is 0. The lowest BCUT2D eigenvalue weighted by Gasteiger charge is -2.31. The Hall–Kier alpha value is -0.340. The van der Waals surface area contributed by atoms with Gasteiger partial charge in [0.2, 0.25) is 10.0 Å². The van der Waals surface area contributed by atoms with E-state index in [2.05, 4.69) is 21.2 Å². The second kappa shape index (κ2) is 7.78. The van der Waals surface area contributed by atoms with Crippen LogP contribution in [0.2, 0.25) is 0 Å². The van der Waals surface area contributed by atoms with Gasteiger partial charge in [0.05, 0.1) is 16.0 Å². The van der Waals surface area contributed by atoms with Crippen LogP contribution in [0.4, 0.5) is 0 Å². The van der Waals surface area contributed by atoms with Crippen LogP contribution in [0.15, 0.2) is 27.6 Å². The molecule has 0 aliphatic carbocycles. The molecule has 0 saturated carbocycles. The van der Waals surface area contributed by atoms with Gasteiger partial charge in [-0.1, -0.05) is 0 Å². The molecule has 1 fully saturated rings. The molecular formula is C13H20BrClN2O3S. The largest absolute Gasteiger partial charge is 0.493 e. The Morgan fingerprint density at radius 1 is 1.48 bits per heavy atom. The summed E-state index contributed by atoms with van der Waals surface area (Å²) in [5, 5.41) is 3.24. The quantitative estimate of drug-likeness (QED) is 0.843. The first-order chi connectivity index (χ1) is 9.45. The number of nitrogens with one attached hydrogen (secondary N) is 1. The van der Waals surface area contributed by atoms with Gasteiger partial charge in [-0.05, 0) is 48.0 Å². The summed E-state index contributed by atoms with van der Waals surface area (Å²) >= 11 is 3.36. The first kappa shape index (κ1) is 18.7. The lowest BCUT2D eigenvalue weighted by molar-refractivity contribution is 0.310. The lowest BCUT2D eigenvalue weighted by atomic mass is 10.3. The van der Waals surface area contributed by atoms with Crippen molar-refractivity contribution >= 4 is 38.4 Å². The van der Waals surface area contributed by atoms with Gasteiger partial charge in [0.1, 0.15) is 5.75 Å². The van der Waals surface area contributed by atoms with Crippen molar-refractivity contribution in [3.63, 3.8) is 0 Å². The van der Waals surface area contributed by atoms with E-state index < -0.39 is 10.0 Å². The van der Waals surface area contributed by atoms with Gasteiger partial charge >= 0.3 is 0 Å². The molecule has 1 aliphatic heterocycles. The molecule has 2 rings (SSSR count). The summed E-state index contributed by atoms with van der Waals surface area (Å²) in [5.74, 6) is 0.653. The number of rotatable bonds is 4. The number of hydrogen-bond donors (Lipinski definition) is 1. The molecule has 0 amide bonds. The summed E-state index contributed by atoms with van der Waals surface area (Å²) in [4.78, 5) is 0.293. The van der Waals surface area contributed by atoms with Crippen molar-refractivity contribution in [2.75, 3.05) is 26.2 Å². The average Bonchev–Trinajstić information content (AvgIpc) is 2.41. The minimum absolute atomic E-state index is 0. The van der Waals surface area contributed by atoms with Crippen LogP contribution in [0.3, 0.4) is 0 Å². The van der Waals surface area contributed by atoms with Gasteiger partial charge in [0, 0.05) is 25.7 Å². The zero-order valence-corrected chi connectivity index (χ0v) is 15.2. The molecule has 120 valence electrons. The van der Waals surface area contributed by atoms with E-state index in [0.717, 1.165) is 0 Å². The molecule has 1 aliphatic rings. The predicted octanol–water partition coefficient (Wildman–Crippen LogP) is 2.25. The van der Waals surface area contributed by atoms with Crippen LogP contribution in [0.25, 0.3) is 0 Å². The Balaban J connectivity index is 0.00000220. The maximum Gasteiger partial charge on any atom is 0.243 e. The Labute approximate surface area is 140 Å². The van der Waals surface area contributed by atoms with Crippen molar-refractivity contribution in [3.05, 3.63) is 22.7 Å². The van der Waals surface area contributed by atoms with Crippen molar-refractivity contribution in [2.45, 2.75) is 24.8 Å². The van der Waals surface area contributed by atoms with E-state index in [-0.39, 0.29) is 18.4 Å². The molecular weight excluding hydrogens is 380 g/mol. The van der Waals surface area contributed by atoms with E-state index in [1.54, 1.807) is 18.2 Å². The lowest BCUT2D eigenvalue weighted by Crippen LogP contribution is -2.51. The normalized spacial score (nSPS) is 19.9. The van der Waals surface area contributed by atoms with Gasteiger partial charge in [0.25, 0.3) is 0 Å². The zero-order valence-electron chi connectivity index (χ0n) is 12.0. The fourth-order valence-electron chi connectivity index (χ4n) is 2.18. The summed E-state index contributed by atoms with van der Waals surface area (Å²) in [6.45, 7) is 6.08. The topological polar surface area (TPSA) is 58.6 Å². The molecule has 1 saturated heterocycles. The third-order valence-electron chi connectivity index (χ3n) is 3.17. The Morgan fingerprint density at radius 2 is 2.19 bits per heavy atom. The second-order valence-electron chi connectivity index (χ2n) is 4.74. The smallest absolute Gasteiger partial charge is 0.243 e. The van der Waals surface area contributed by atoms with Crippen LogP contribution >= 0.6 is 28.3 Å². The Bertz CT molecular complexity index is 583. The van der Waals surface area contributed by atoms with Crippen LogP contribution in [0.5, 0.6) is 5.75 Å². The molecule has 0 spiro atoms. The van der Waals surface area contributed by atoms with Crippen LogP contribution in [-0.4, -0.2) is 45.0 Å². The SMILES string of the molecule is CCOc1ccc(S(=O)(=O)N2CCNC(C)C2)cc1Br.Cl. The fourth-order valence-corrected chi connectivity index (χ4v) is 4.38.